The molecule has 4 rings (SSSR count). The maximum atomic E-state index is 10.8. The molecule has 0 unspecified atom stereocenters. The highest BCUT2D eigenvalue weighted by atomic mass is 16.7. The van der Waals surface area contributed by atoms with E-state index in [0.29, 0.717) is 66.1 Å². The van der Waals surface area contributed by atoms with Crippen molar-refractivity contribution >= 4 is 0 Å². The van der Waals surface area contributed by atoms with Crippen LogP contribution in [-0.4, -0.2) is 127 Å². The molecule has 1 aromatic rings. The second-order valence-corrected chi connectivity index (χ2v) is 8.29. The lowest BCUT2D eigenvalue weighted by Crippen LogP contribution is -2.60. The zero-order valence-electron chi connectivity index (χ0n) is 20.7. The summed E-state index contributed by atoms with van der Waals surface area (Å²) >= 11 is 0. The van der Waals surface area contributed by atoms with E-state index < -0.39 is 30.7 Å². The van der Waals surface area contributed by atoms with Crippen LogP contribution in [0, 0.1) is 0 Å². The molecule has 3 fully saturated rings. The first kappa shape index (κ1) is 29.3. The number of hydrogen-bond donors (Lipinski definition) is 2. The summed E-state index contributed by atoms with van der Waals surface area (Å²) in [6.07, 6.45) is -5.04. The van der Waals surface area contributed by atoms with Gasteiger partial charge in [0.1, 0.15) is 24.4 Å². The average Bonchev–Trinajstić information content (AvgIpc) is 2.89. The van der Waals surface area contributed by atoms with E-state index in [1.807, 2.05) is 30.3 Å². The molecular weight excluding hydrogens is 476 g/mol. The average molecular weight is 517 g/mol. The Morgan fingerprint density at radius 3 is 1.69 bits per heavy atom. The van der Waals surface area contributed by atoms with Crippen LogP contribution in [-0.2, 0) is 49.2 Å². The normalized spacial score (nSPS) is 31.1. The van der Waals surface area contributed by atoms with Crippen molar-refractivity contribution in [3.63, 3.8) is 0 Å². The van der Waals surface area contributed by atoms with E-state index in [9.17, 15) is 10.2 Å². The molecule has 5 atom stereocenters. The largest absolute Gasteiger partial charge is 0.387 e. The molecule has 11 nitrogen and oxygen atoms in total. The topological polar surface area (TPSA) is 124 Å². The van der Waals surface area contributed by atoms with Crippen LogP contribution in [0.3, 0.4) is 0 Å². The van der Waals surface area contributed by atoms with Crippen molar-refractivity contribution in [3.8, 4) is 0 Å². The maximum absolute atomic E-state index is 10.8. The first-order valence-electron chi connectivity index (χ1n) is 12.5. The molecule has 2 bridgehead atoms. The van der Waals surface area contributed by atoms with E-state index in [2.05, 4.69) is 0 Å². The van der Waals surface area contributed by atoms with Crippen LogP contribution in [0.25, 0.3) is 0 Å². The highest BCUT2D eigenvalue weighted by Crippen LogP contribution is 2.25. The van der Waals surface area contributed by atoms with Crippen LogP contribution in [0.4, 0.5) is 0 Å². The molecule has 3 saturated heterocycles. The van der Waals surface area contributed by atoms with Gasteiger partial charge in [-0.25, -0.2) is 0 Å². The molecule has 1 aromatic carbocycles. The minimum Gasteiger partial charge on any atom is -0.387 e. The third-order valence-electron chi connectivity index (χ3n) is 5.57. The highest BCUT2D eigenvalue weighted by Gasteiger charge is 2.45. The van der Waals surface area contributed by atoms with Gasteiger partial charge in [-0.1, -0.05) is 30.3 Å². The van der Waals surface area contributed by atoms with Gasteiger partial charge in [0.2, 0.25) is 0 Å². The zero-order chi connectivity index (χ0) is 25.3. The van der Waals surface area contributed by atoms with Crippen molar-refractivity contribution in [3.05, 3.63) is 35.9 Å². The number of hydrogen-bond acceptors (Lipinski definition) is 11. The van der Waals surface area contributed by atoms with E-state index in [1.54, 1.807) is 0 Å². The van der Waals surface area contributed by atoms with Gasteiger partial charge in [-0.15, -0.1) is 0 Å². The lowest BCUT2D eigenvalue weighted by Gasteiger charge is -2.42. The third kappa shape index (κ3) is 11.0. The van der Waals surface area contributed by atoms with Crippen LogP contribution in [0.1, 0.15) is 5.56 Å². The van der Waals surface area contributed by atoms with Crippen molar-refractivity contribution in [2.24, 2.45) is 0 Å². The van der Waals surface area contributed by atoms with Crippen molar-refractivity contribution in [2.45, 2.75) is 37.3 Å². The smallest absolute Gasteiger partial charge is 0.186 e. The lowest BCUT2D eigenvalue weighted by molar-refractivity contribution is -0.311. The summed E-state index contributed by atoms with van der Waals surface area (Å²) in [4.78, 5) is 0. The zero-order valence-corrected chi connectivity index (χ0v) is 20.7. The summed E-state index contributed by atoms with van der Waals surface area (Å²) in [7, 11) is 0. The first-order valence-corrected chi connectivity index (χ1v) is 12.5. The van der Waals surface area contributed by atoms with E-state index >= 15 is 0 Å². The number of benzene rings is 1. The van der Waals surface area contributed by atoms with Crippen molar-refractivity contribution in [1.29, 1.82) is 0 Å². The van der Waals surface area contributed by atoms with Crippen LogP contribution in [0.5, 0.6) is 0 Å². The first-order chi connectivity index (χ1) is 17.8. The second-order valence-electron chi connectivity index (χ2n) is 8.29. The highest BCUT2D eigenvalue weighted by molar-refractivity contribution is 5.13. The lowest BCUT2D eigenvalue weighted by atomic mass is 9.99. The Labute approximate surface area is 212 Å². The second kappa shape index (κ2) is 18.1. The van der Waals surface area contributed by atoms with Gasteiger partial charge < -0.3 is 52.8 Å². The molecule has 0 aliphatic carbocycles. The van der Waals surface area contributed by atoms with Gasteiger partial charge >= 0.3 is 0 Å². The van der Waals surface area contributed by atoms with Crippen molar-refractivity contribution in [1.82, 2.24) is 0 Å². The van der Waals surface area contributed by atoms with Crippen molar-refractivity contribution < 1.29 is 52.8 Å². The summed E-state index contributed by atoms with van der Waals surface area (Å²) in [5.41, 5.74) is 1.01. The summed E-state index contributed by atoms with van der Waals surface area (Å²) in [5.74, 6) is 0. The van der Waals surface area contributed by atoms with E-state index in [0.717, 1.165) is 5.56 Å². The standard InChI is InChI=1S/C25H40O11/c26-22-23(27)25-35-17-15-32-13-11-30-9-7-28-6-8-29-10-12-31-14-16-34-24(22)21(36-25)19-33-18-20-4-2-1-3-5-20/h1-5,21-27H,6-19H2/t21-,22-,23-,24-,25+/m1/s1. The molecule has 0 spiro atoms. The van der Waals surface area contributed by atoms with Gasteiger partial charge in [0.25, 0.3) is 0 Å². The van der Waals surface area contributed by atoms with Gasteiger partial charge in [0.15, 0.2) is 6.29 Å². The fourth-order valence-corrected chi connectivity index (χ4v) is 3.70. The minimum atomic E-state index is -1.29. The number of ether oxygens (including phenoxy) is 9. The Hall–Kier alpha value is -1.22. The van der Waals surface area contributed by atoms with Gasteiger partial charge in [-0.2, -0.15) is 0 Å². The third-order valence-corrected chi connectivity index (χ3v) is 5.57. The molecule has 3 heterocycles. The molecular formula is C25H40O11. The fraction of sp³-hybridized carbons (Fsp3) is 0.760. The summed E-state index contributed by atoms with van der Waals surface area (Å²) < 4.78 is 50.7. The quantitative estimate of drug-likeness (QED) is 0.532. The molecule has 11 heteroatoms. The fourth-order valence-electron chi connectivity index (χ4n) is 3.70. The maximum Gasteiger partial charge on any atom is 0.186 e. The van der Waals surface area contributed by atoms with E-state index in [-0.39, 0.29) is 26.4 Å². The molecule has 206 valence electrons. The Kier molecular flexibility index (Phi) is 14.8. The van der Waals surface area contributed by atoms with Gasteiger partial charge in [0, 0.05) is 0 Å². The Morgan fingerprint density at radius 2 is 1.14 bits per heavy atom. The van der Waals surface area contributed by atoms with Crippen LogP contribution < -0.4 is 0 Å². The monoisotopic (exact) mass is 516 g/mol. The Bertz CT molecular complexity index is 663. The molecule has 0 saturated carbocycles. The summed E-state index contributed by atoms with van der Waals surface area (Å²) in [6.45, 7) is 5.05. The van der Waals surface area contributed by atoms with Crippen LogP contribution >= 0.6 is 0 Å². The van der Waals surface area contributed by atoms with E-state index in [4.69, 9.17) is 42.6 Å². The number of rotatable bonds is 4. The molecule has 0 amide bonds. The number of aliphatic hydroxyl groups is 2. The van der Waals surface area contributed by atoms with E-state index in [1.165, 1.54) is 0 Å². The predicted molar refractivity (Wildman–Crippen MR) is 127 cm³/mol. The van der Waals surface area contributed by atoms with Crippen LogP contribution in [0.15, 0.2) is 30.3 Å². The van der Waals surface area contributed by atoms with Gasteiger partial charge in [-0.05, 0) is 5.56 Å². The summed E-state index contributed by atoms with van der Waals surface area (Å²) in [6, 6.07) is 9.74. The molecule has 0 aromatic heterocycles. The van der Waals surface area contributed by atoms with Crippen molar-refractivity contribution in [2.75, 3.05) is 85.9 Å². The molecule has 3 aliphatic rings. The minimum absolute atomic E-state index is 0.147. The molecule has 36 heavy (non-hydrogen) atoms. The Morgan fingerprint density at radius 1 is 0.639 bits per heavy atom. The summed E-state index contributed by atoms with van der Waals surface area (Å²) in [5, 5.41) is 21.4. The molecule has 3 aliphatic heterocycles. The van der Waals surface area contributed by atoms with Gasteiger partial charge in [-0.3, -0.25) is 0 Å². The van der Waals surface area contributed by atoms with Gasteiger partial charge in [0.05, 0.1) is 92.5 Å². The molecule has 0 radical (unpaired) electrons. The number of fused-ring (bicyclic) bond motifs is 20. The predicted octanol–water partition coefficient (Wildman–Crippen LogP) is 0.148. The van der Waals surface area contributed by atoms with Crippen LogP contribution in [0.2, 0.25) is 0 Å². The Balaban J connectivity index is 1.52. The molecule has 2 N–H and O–H groups in total. The number of aliphatic hydroxyl groups excluding tert-OH is 2. The SMILES string of the molecule is O[C@@H]1[C@@H](O)[C@H]2OCCOCCOCCOCCOCCOCCO[C@@H]1[C@@H](COCc1ccccc1)O2.